The third-order valence-corrected chi connectivity index (χ3v) is 4.17. The Morgan fingerprint density at radius 2 is 2.00 bits per heavy atom. The van der Waals surface area contributed by atoms with Crippen LogP contribution in [0.25, 0.3) is 0 Å². The molecule has 3 heteroatoms. The van der Waals surface area contributed by atoms with Crippen LogP contribution in [0.2, 0.25) is 0 Å². The number of ether oxygens (including phenoxy) is 2. The molecule has 2 aromatic carbocycles. The lowest BCUT2D eigenvalue weighted by Gasteiger charge is -2.33. The second kappa shape index (κ2) is 8.14. The number of hydrogen-bond donors (Lipinski definition) is 0. The number of benzene rings is 2. The topological polar surface area (TPSA) is 21.7 Å². The molecule has 0 aliphatic carbocycles. The Hall–Kier alpha value is -1.84. The summed E-state index contributed by atoms with van der Waals surface area (Å²) >= 11 is 0. The van der Waals surface area contributed by atoms with Crippen molar-refractivity contribution in [2.75, 3.05) is 26.2 Å². The van der Waals surface area contributed by atoms with Crippen molar-refractivity contribution in [2.45, 2.75) is 26.1 Å². The molecule has 1 aliphatic rings. The van der Waals surface area contributed by atoms with Gasteiger partial charge in [-0.15, -0.1) is 0 Å². The molecule has 1 heterocycles. The molecule has 0 aromatic heterocycles. The zero-order chi connectivity index (χ0) is 15.9. The standard InChI is InChI=1S/C20H25NO2/c1-2-11-21-12-13-22-20(15-21)18-9-6-10-19(14-18)23-16-17-7-4-3-5-8-17/h3-10,14,20H,2,11-13,15-16H2,1H3. The number of nitrogens with zero attached hydrogens (tertiary/aromatic N) is 1. The fourth-order valence-electron chi connectivity index (χ4n) is 2.97. The Kier molecular flexibility index (Phi) is 5.67. The quantitative estimate of drug-likeness (QED) is 0.803. The van der Waals surface area contributed by atoms with E-state index in [1.165, 1.54) is 17.5 Å². The lowest BCUT2D eigenvalue weighted by molar-refractivity contribution is -0.0299. The highest BCUT2D eigenvalue weighted by molar-refractivity contribution is 5.30. The van der Waals surface area contributed by atoms with Crippen molar-refractivity contribution in [3.63, 3.8) is 0 Å². The van der Waals surface area contributed by atoms with Crippen molar-refractivity contribution in [3.05, 3.63) is 65.7 Å². The molecule has 0 spiro atoms. The van der Waals surface area contributed by atoms with Crippen LogP contribution in [-0.2, 0) is 11.3 Å². The van der Waals surface area contributed by atoms with E-state index >= 15 is 0 Å². The van der Waals surface area contributed by atoms with E-state index in [4.69, 9.17) is 9.47 Å². The lowest BCUT2D eigenvalue weighted by Crippen LogP contribution is -2.38. The van der Waals surface area contributed by atoms with E-state index in [2.05, 4.69) is 42.2 Å². The van der Waals surface area contributed by atoms with Gasteiger partial charge in [0.15, 0.2) is 0 Å². The molecule has 0 bridgehead atoms. The Balaban J connectivity index is 1.62. The minimum atomic E-state index is 0.149. The van der Waals surface area contributed by atoms with Crippen molar-refractivity contribution < 1.29 is 9.47 Å². The fourth-order valence-corrected chi connectivity index (χ4v) is 2.97. The zero-order valence-corrected chi connectivity index (χ0v) is 13.8. The molecule has 1 unspecified atom stereocenters. The molecular formula is C20H25NO2. The average Bonchev–Trinajstić information content (AvgIpc) is 2.62. The van der Waals surface area contributed by atoms with Gasteiger partial charge in [0.25, 0.3) is 0 Å². The molecule has 1 atom stereocenters. The molecule has 3 rings (SSSR count). The monoisotopic (exact) mass is 311 g/mol. The molecule has 1 fully saturated rings. The van der Waals surface area contributed by atoms with Gasteiger partial charge in [0.1, 0.15) is 12.4 Å². The van der Waals surface area contributed by atoms with E-state index in [0.717, 1.165) is 32.0 Å². The van der Waals surface area contributed by atoms with Crippen LogP contribution in [0.3, 0.4) is 0 Å². The molecule has 0 amide bonds. The van der Waals surface area contributed by atoms with Gasteiger partial charge in [-0.05, 0) is 36.2 Å². The van der Waals surface area contributed by atoms with E-state index < -0.39 is 0 Å². The predicted octanol–water partition coefficient (Wildman–Crippen LogP) is 4.05. The predicted molar refractivity (Wildman–Crippen MR) is 92.6 cm³/mol. The molecule has 0 radical (unpaired) electrons. The highest BCUT2D eigenvalue weighted by Gasteiger charge is 2.21. The Labute approximate surface area is 138 Å². The highest BCUT2D eigenvalue weighted by Crippen LogP contribution is 2.26. The van der Waals surface area contributed by atoms with E-state index in [0.29, 0.717) is 6.61 Å². The third kappa shape index (κ3) is 4.57. The van der Waals surface area contributed by atoms with Gasteiger partial charge < -0.3 is 9.47 Å². The summed E-state index contributed by atoms with van der Waals surface area (Å²) in [5, 5.41) is 0. The van der Waals surface area contributed by atoms with Crippen LogP contribution in [0.5, 0.6) is 5.75 Å². The van der Waals surface area contributed by atoms with Crippen LogP contribution in [0, 0.1) is 0 Å². The van der Waals surface area contributed by atoms with Crippen molar-refractivity contribution in [1.82, 2.24) is 4.90 Å². The van der Waals surface area contributed by atoms with Gasteiger partial charge in [0, 0.05) is 13.1 Å². The molecule has 2 aromatic rings. The molecule has 23 heavy (non-hydrogen) atoms. The molecule has 122 valence electrons. The Bertz CT molecular complexity index is 598. The summed E-state index contributed by atoms with van der Waals surface area (Å²) in [5.74, 6) is 0.905. The van der Waals surface area contributed by atoms with E-state index in [-0.39, 0.29) is 6.10 Å². The Morgan fingerprint density at radius 3 is 2.83 bits per heavy atom. The van der Waals surface area contributed by atoms with Gasteiger partial charge >= 0.3 is 0 Å². The average molecular weight is 311 g/mol. The summed E-state index contributed by atoms with van der Waals surface area (Å²) in [7, 11) is 0. The van der Waals surface area contributed by atoms with Crippen LogP contribution in [0.15, 0.2) is 54.6 Å². The van der Waals surface area contributed by atoms with Crippen LogP contribution in [0.1, 0.15) is 30.6 Å². The molecule has 3 nitrogen and oxygen atoms in total. The van der Waals surface area contributed by atoms with Gasteiger partial charge in [-0.2, -0.15) is 0 Å². The first-order valence-corrected chi connectivity index (χ1v) is 8.46. The summed E-state index contributed by atoms with van der Waals surface area (Å²) in [5.41, 5.74) is 2.39. The van der Waals surface area contributed by atoms with Crippen molar-refractivity contribution in [1.29, 1.82) is 0 Å². The first-order chi connectivity index (χ1) is 11.3. The van der Waals surface area contributed by atoms with Crippen LogP contribution in [-0.4, -0.2) is 31.1 Å². The third-order valence-electron chi connectivity index (χ3n) is 4.17. The van der Waals surface area contributed by atoms with Gasteiger partial charge in [-0.3, -0.25) is 4.90 Å². The minimum absolute atomic E-state index is 0.149. The first kappa shape index (κ1) is 16.0. The molecule has 0 saturated carbocycles. The lowest BCUT2D eigenvalue weighted by atomic mass is 10.1. The maximum atomic E-state index is 5.96. The largest absolute Gasteiger partial charge is 0.489 e. The van der Waals surface area contributed by atoms with Gasteiger partial charge in [-0.1, -0.05) is 49.4 Å². The first-order valence-electron chi connectivity index (χ1n) is 8.46. The summed E-state index contributed by atoms with van der Waals surface area (Å²) in [6.07, 6.45) is 1.34. The van der Waals surface area contributed by atoms with Gasteiger partial charge in [0.2, 0.25) is 0 Å². The fraction of sp³-hybridized carbons (Fsp3) is 0.400. The van der Waals surface area contributed by atoms with E-state index in [1.807, 2.05) is 24.3 Å². The van der Waals surface area contributed by atoms with Crippen LogP contribution in [0.4, 0.5) is 0 Å². The molecule has 1 aliphatic heterocycles. The van der Waals surface area contributed by atoms with Gasteiger partial charge in [-0.25, -0.2) is 0 Å². The van der Waals surface area contributed by atoms with E-state index in [9.17, 15) is 0 Å². The van der Waals surface area contributed by atoms with E-state index in [1.54, 1.807) is 0 Å². The maximum Gasteiger partial charge on any atom is 0.120 e. The summed E-state index contributed by atoms with van der Waals surface area (Å²) in [6, 6.07) is 18.6. The zero-order valence-electron chi connectivity index (χ0n) is 13.8. The minimum Gasteiger partial charge on any atom is -0.489 e. The number of hydrogen-bond acceptors (Lipinski definition) is 3. The second-order valence-electron chi connectivity index (χ2n) is 6.01. The maximum absolute atomic E-state index is 5.96. The van der Waals surface area contributed by atoms with Crippen molar-refractivity contribution in [3.8, 4) is 5.75 Å². The summed E-state index contributed by atoms with van der Waals surface area (Å²) < 4.78 is 11.9. The summed E-state index contributed by atoms with van der Waals surface area (Å²) in [6.45, 7) is 6.77. The SMILES string of the molecule is CCCN1CCOC(c2cccc(OCc3ccccc3)c2)C1. The van der Waals surface area contributed by atoms with Crippen molar-refractivity contribution in [2.24, 2.45) is 0 Å². The van der Waals surface area contributed by atoms with Crippen LogP contribution < -0.4 is 4.74 Å². The van der Waals surface area contributed by atoms with Crippen LogP contribution >= 0.6 is 0 Å². The smallest absolute Gasteiger partial charge is 0.120 e. The van der Waals surface area contributed by atoms with Gasteiger partial charge in [0.05, 0.1) is 12.7 Å². The normalized spacial score (nSPS) is 18.7. The molecule has 0 N–H and O–H groups in total. The van der Waals surface area contributed by atoms with Crippen molar-refractivity contribution >= 4 is 0 Å². The number of rotatable bonds is 6. The molecule has 1 saturated heterocycles. The second-order valence-corrected chi connectivity index (χ2v) is 6.01. The Morgan fingerprint density at radius 1 is 1.13 bits per heavy atom. The number of morpholine rings is 1. The highest BCUT2D eigenvalue weighted by atomic mass is 16.5. The molecular weight excluding hydrogens is 286 g/mol. The summed E-state index contributed by atoms with van der Waals surface area (Å²) in [4.78, 5) is 2.48.